The van der Waals surface area contributed by atoms with Crippen LogP contribution in [0.4, 0.5) is 0 Å². The van der Waals surface area contributed by atoms with Crippen molar-refractivity contribution in [2.75, 3.05) is 0 Å². The van der Waals surface area contributed by atoms with Crippen molar-refractivity contribution >= 4 is 27.8 Å². The standard InChI is InChI=1S/C21H18N2O4/c1-12-7-8-15-14(11-26-18(15)9-12)10-19(24)27-13(2)20-22-17-6-4-3-5-16(17)21(25)23-20/h3-9,11,13H,10H2,1-2H3,(H,22,23,25)/t13-/m0/s1. The number of nitrogens with zero attached hydrogens (tertiary/aromatic N) is 1. The summed E-state index contributed by atoms with van der Waals surface area (Å²) in [5.74, 6) is -0.0960. The predicted octanol–water partition coefficient (Wildman–Crippen LogP) is 3.82. The molecule has 0 amide bonds. The molecule has 2 aromatic carbocycles. The van der Waals surface area contributed by atoms with Crippen LogP contribution in [0.3, 0.4) is 0 Å². The summed E-state index contributed by atoms with van der Waals surface area (Å²) in [5, 5.41) is 1.39. The van der Waals surface area contributed by atoms with Gasteiger partial charge in [-0.3, -0.25) is 9.59 Å². The number of ether oxygens (including phenoxy) is 1. The Bertz CT molecular complexity index is 1210. The Kier molecular flexibility index (Phi) is 4.24. The molecule has 136 valence electrons. The zero-order valence-electron chi connectivity index (χ0n) is 15.0. The highest BCUT2D eigenvalue weighted by Crippen LogP contribution is 2.24. The van der Waals surface area contributed by atoms with E-state index in [4.69, 9.17) is 9.15 Å². The van der Waals surface area contributed by atoms with Crippen molar-refractivity contribution < 1.29 is 13.9 Å². The summed E-state index contributed by atoms with van der Waals surface area (Å²) < 4.78 is 11.0. The largest absolute Gasteiger partial charge is 0.464 e. The number of H-pyrrole nitrogens is 1. The molecule has 1 atom stereocenters. The van der Waals surface area contributed by atoms with Gasteiger partial charge in [0.1, 0.15) is 5.58 Å². The van der Waals surface area contributed by atoms with E-state index in [-0.39, 0.29) is 12.0 Å². The van der Waals surface area contributed by atoms with Crippen LogP contribution in [0.2, 0.25) is 0 Å². The summed E-state index contributed by atoms with van der Waals surface area (Å²) in [5.41, 5.74) is 2.91. The third kappa shape index (κ3) is 3.33. The molecule has 0 aliphatic carbocycles. The Labute approximate surface area is 154 Å². The average Bonchev–Trinajstić information content (AvgIpc) is 3.03. The Morgan fingerprint density at radius 3 is 2.89 bits per heavy atom. The molecule has 0 saturated heterocycles. The fourth-order valence-corrected chi connectivity index (χ4v) is 3.07. The molecule has 4 rings (SSSR count). The van der Waals surface area contributed by atoms with Gasteiger partial charge in [-0.15, -0.1) is 0 Å². The number of aromatic nitrogens is 2. The van der Waals surface area contributed by atoms with Gasteiger partial charge in [0.05, 0.1) is 23.6 Å². The molecular formula is C21H18N2O4. The van der Waals surface area contributed by atoms with E-state index in [2.05, 4.69) is 9.97 Å². The molecule has 1 N–H and O–H groups in total. The number of fused-ring (bicyclic) bond motifs is 2. The number of furan rings is 1. The van der Waals surface area contributed by atoms with Crippen molar-refractivity contribution in [2.24, 2.45) is 0 Å². The fourth-order valence-electron chi connectivity index (χ4n) is 3.07. The zero-order valence-corrected chi connectivity index (χ0v) is 15.0. The number of nitrogens with one attached hydrogen (secondary N) is 1. The second kappa shape index (κ2) is 6.72. The first-order valence-corrected chi connectivity index (χ1v) is 8.66. The van der Waals surface area contributed by atoms with Crippen molar-refractivity contribution in [3.05, 3.63) is 76.0 Å². The highest BCUT2D eigenvalue weighted by Gasteiger charge is 2.17. The molecular weight excluding hydrogens is 344 g/mol. The molecule has 6 heteroatoms. The summed E-state index contributed by atoms with van der Waals surface area (Å²) >= 11 is 0. The van der Waals surface area contributed by atoms with E-state index in [0.29, 0.717) is 16.7 Å². The van der Waals surface area contributed by atoms with E-state index >= 15 is 0 Å². The lowest BCUT2D eigenvalue weighted by Crippen LogP contribution is -2.18. The minimum Gasteiger partial charge on any atom is -0.464 e. The number of hydrogen-bond donors (Lipinski definition) is 1. The minimum absolute atomic E-state index is 0.0816. The summed E-state index contributed by atoms with van der Waals surface area (Å²) in [6.45, 7) is 3.66. The van der Waals surface area contributed by atoms with Crippen LogP contribution in [-0.2, 0) is 16.0 Å². The molecule has 0 aliphatic heterocycles. The lowest BCUT2D eigenvalue weighted by atomic mass is 10.1. The number of aryl methyl sites for hydroxylation is 1. The van der Waals surface area contributed by atoms with E-state index in [1.165, 1.54) is 0 Å². The third-order valence-electron chi connectivity index (χ3n) is 4.47. The maximum atomic E-state index is 12.4. The quantitative estimate of drug-likeness (QED) is 0.558. The molecule has 2 aromatic heterocycles. The van der Waals surface area contributed by atoms with Crippen LogP contribution in [0.15, 0.2) is 57.9 Å². The lowest BCUT2D eigenvalue weighted by molar-refractivity contribution is -0.148. The number of aromatic amines is 1. The number of carbonyl (C=O) groups excluding carboxylic acids is 1. The molecule has 0 radical (unpaired) electrons. The first-order valence-electron chi connectivity index (χ1n) is 8.66. The number of para-hydroxylation sites is 1. The van der Waals surface area contributed by atoms with Crippen LogP contribution in [0.25, 0.3) is 21.9 Å². The van der Waals surface area contributed by atoms with E-state index in [1.807, 2.05) is 25.1 Å². The number of rotatable bonds is 4. The van der Waals surface area contributed by atoms with E-state index in [9.17, 15) is 9.59 Å². The number of carbonyl (C=O) groups is 1. The van der Waals surface area contributed by atoms with Gasteiger partial charge in [-0.1, -0.05) is 24.3 Å². The molecule has 0 fully saturated rings. The van der Waals surface area contributed by atoms with E-state index < -0.39 is 12.1 Å². The van der Waals surface area contributed by atoms with Crippen molar-refractivity contribution in [1.82, 2.24) is 9.97 Å². The minimum atomic E-state index is -0.671. The van der Waals surface area contributed by atoms with Crippen LogP contribution in [0.1, 0.15) is 30.0 Å². The van der Waals surface area contributed by atoms with Crippen LogP contribution in [0, 0.1) is 6.92 Å². The number of esters is 1. The molecule has 0 aliphatic rings. The summed E-state index contributed by atoms with van der Waals surface area (Å²) in [7, 11) is 0. The topological polar surface area (TPSA) is 85.2 Å². The van der Waals surface area contributed by atoms with Crippen LogP contribution >= 0.6 is 0 Å². The average molecular weight is 362 g/mol. The maximum Gasteiger partial charge on any atom is 0.311 e. The van der Waals surface area contributed by atoms with Crippen molar-refractivity contribution in [1.29, 1.82) is 0 Å². The van der Waals surface area contributed by atoms with Crippen LogP contribution in [0.5, 0.6) is 0 Å². The highest BCUT2D eigenvalue weighted by atomic mass is 16.5. The first kappa shape index (κ1) is 17.0. The molecule has 0 unspecified atom stereocenters. The zero-order chi connectivity index (χ0) is 19.0. The van der Waals surface area contributed by atoms with Gasteiger partial charge in [-0.05, 0) is 37.6 Å². The monoisotopic (exact) mass is 362 g/mol. The van der Waals surface area contributed by atoms with Gasteiger partial charge in [-0.2, -0.15) is 0 Å². The van der Waals surface area contributed by atoms with Gasteiger partial charge < -0.3 is 14.1 Å². The summed E-state index contributed by atoms with van der Waals surface area (Å²) in [4.78, 5) is 31.6. The van der Waals surface area contributed by atoms with Crippen molar-refractivity contribution in [3.63, 3.8) is 0 Å². The molecule has 27 heavy (non-hydrogen) atoms. The molecule has 2 heterocycles. The lowest BCUT2D eigenvalue weighted by Gasteiger charge is -2.13. The molecule has 4 aromatic rings. The second-order valence-electron chi connectivity index (χ2n) is 6.54. The maximum absolute atomic E-state index is 12.4. The van der Waals surface area contributed by atoms with Crippen molar-refractivity contribution in [2.45, 2.75) is 26.4 Å². The predicted molar refractivity (Wildman–Crippen MR) is 102 cm³/mol. The second-order valence-corrected chi connectivity index (χ2v) is 6.54. The fraction of sp³-hybridized carbons (Fsp3) is 0.190. The van der Waals surface area contributed by atoms with Gasteiger partial charge in [0.25, 0.3) is 5.56 Å². The van der Waals surface area contributed by atoms with Gasteiger partial charge in [-0.25, -0.2) is 4.98 Å². The Morgan fingerprint density at radius 2 is 2.04 bits per heavy atom. The SMILES string of the molecule is Cc1ccc2c(CC(=O)O[C@@H](C)c3nc4ccccc4c(=O)[nH]3)coc2c1. The molecule has 0 bridgehead atoms. The number of benzene rings is 2. The third-order valence-corrected chi connectivity index (χ3v) is 4.47. The number of hydrogen-bond acceptors (Lipinski definition) is 5. The molecule has 6 nitrogen and oxygen atoms in total. The van der Waals surface area contributed by atoms with E-state index in [1.54, 1.807) is 37.5 Å². The van der Waals surface area contributed by atoms with Gasteiger partial charge >= 0.3 is 5.97 Å². The summed E-state index contributed by atoms with van der Waals surface area (Å²) in [6.07, 6.45) is 0.986. The molecule has 0 spiro atoms. The van der Waals surface area contributed by atoms with Crippen molar-refractivity contribution in [3.8, 4) is 0 Å². The first-order chi connectivity index (χ1) is 13.0. The van der Waals surface area contributed by atoms with E-state index in [0.717, 1.165) is 22.1 Å². The Balaban J connectivity index is 1.53. The smallest absolute Gasteiger partial charge is 0.311 e. The summed E-state index contributed by atoms with van der Waals surface area (Å²) in [6, 6.07) is 12.9. The van der Waals surface area contributed by atoms with Gasteiger partial charge in [0, 0.05) is 10.9 Å². The van der Waals surface area contributed by atoms with Crippen LogP contribution in [-0.4, -0.2) is 15.9 Å². The Morgan fingerprint density at radius 1 is 1.22 bits per heavy atom. The van der Waals surface area contributed by atoms with Gasteiger partial charge in [0.15, 0.2) is 11.9 Å². The van der Waals surface area contributed by atoms with Crippen LogP contribution < -0.4 is 5.56 Å². The molecule has 0 saturated carbocycles. The normalized spacial score (nSPS) is 12.4. The highest BCUT2D eigenvalue weighted by molar-refractivity contribution is 5.86. The van der Waals surface area contributed by atoms with Gasteiger partial charge in [0.2, 0.25) is 0 Å². The Hall–Kier alpha value is -3.41.